The van der Waals surface area contributed by atoms with E-state index in [9.17, 15) is 5.11 Å². The van der Waals surface area contributed by atoms with Gasteiger partial charge >= 0.3 is 0 Å². The van der Waals surface area contributed by atoms with Crippen molar-refractivity contribution in [2.24, 2.45) is 9.85 Å². The van der Waals surface area contributed by atoms with E-state index >= 15 is 0 Å². The van der Waals surface area contributed by atoms with Gasteiger partial charge in [0.25, 0.3) is 0 Å². The van der Waals surface area contributed by atoms with E-state index in [2.05, 4.69) is 56.6 Å². The highest BCUT2D eigenvalue weighted by Crippen LogP contribution is 2.66. The van der Waals surface area contributed by atoms with Crippen LogP contribution >= 0.6 is 35.5 Å². The predicted molar refractivity (Wildman–Crippen MR) is 140 cm³/mol. The van der Waals surface area contributed by atoms with Gasteiger partial charge in [0, 0.05) is 31.3 Å². The molecule has 0 bridgehead atoms. The van der Waals surface area contributed by atoms with Crippen molar-refractivity contribution < 1.29 is 19.3 Å². The summed E-state index contributed by atoms with van der Waals surface area (Å²) in [6.07, 6.45) is 1.62. The number of methoxy groups -OCH3 is 1. The minimum absolute atomic E-state index is 0.0453. The Labute approximate surface area is 209 Å². The SMILES string of the molecule is COc1cc(/C=N/NC(=S)N=P(N2CCOCC2)(N2CCOCC2)C(C)(C)C)cc(Br)c1O. The summed E-state index contributed by atoms with van der Waals surface area (Å²) in [7, 11) is -0.731. The molecule has 2 heterocycles. The van der Waals surface area contributed by atoms with Crippen LogP contribution in [0.25, 0.3) is 0 Å². The zero-order valence-corrected chi connectivity index (χ0v) is 22.9. The van der Waals surface area contributed by atoms with Crippen LogP contribution in [0, 0.1) is 0 Å². The van der Waals surface area contributed by atoms with E-state index in [1.807, 2.05) is 0 Å². The van der Waals surface area contributed by atoms with Crippen LogP contribution < -0.4 is 10.2 Å². The molecule has 0 aliphatic carbocycles. The van der Waals surface area contributed by atoms with Gasteiger partial charge in [0.2, 0.25) is 5.11 Å². The minimum atomic E-state index is -2.23. The molecule has 2 aliphatic heterocycles. The van der Waals surface area contributed by atoms with Crippen molar-refractivity contribution in [3.05, 3.63) is 22.2 Å². The fourth-order valence-electron chi connectivity index (χ4n) is 4.10. The third kappa shape index (κ3) is 6.14. The Kier molecular flexibility index (Phi) is 9.31. The Balaban J connectivity index is 1.90. The summed E-state index contributed by atoms with van der Waals surface area (Å²) in [6.45, 7) is 12.7. The second-order valence-electron chi connectivity index (χ2n) is 8.70. The molecule has 2 fully saturated rings. The molecular weight excluding hydrogens is 529 g/mol. The lowest BCUT2D eigenvalue weighted by Crippen LogP contribution is -2.48. The van der Waals surface area contributed by atoms with Crippen LogP contribution in [0.4, 0.5) is 0 Å². The number of nitrogens with one attached hydrogen (secondary N) is 1. The number of morpholine rings is 2. The third-order valence-electron chi connectivity index (χ3n) is 5.54. The minimum Gasteiger partial charge on any atom is -0.503 e. The Hall–Kier alpha value is -1.07. The Morgan fingerprint density at radius 2 is 1.70 bits per heavy atom. The first-order valence-corrected chi connectivity index (χ1v) is 13.7. The van der Waals surface area contributed by atoms with Gasteiger partial charge in [-0.1, -0.05) is 20.8 Å². The zero-order valence-electron chi connectivity index (χ0n) is 19.6. The number of phenolic OH excluding ortho intramolecular Hbond substituents is 1. The fourth-order valence-corrected chi connectivity index (χ4v) is 9.31. The van der Waals surface area contributed by atoms with Crippen molar-refractivity contribution in [3.8, 4) is 11.5 Å². The van der Waals surface area contributed by atoms with E-state index in [0.29, 0.717) is 41.8 Å². The molecule has 0 radical (unpaired) electrons. The fraction of sp³-hybridized carbons (Fsp3) is 0.619. The number of rotatable bonds is 5. The van der Waals surface area contributed by atoms with Crippen LogP contribution in [-0.2, 0) is 9.47 Å². The molecule has 1 aromatic carbocycles. The second-order valence-corrected chi connectivity index (χ2v) is 13.8. The number of halogens is 1. The highest BCUT2D eigenvalue weighted by atomic mass is 79.9. The predicted octanol–water partition coefficient (Wildman–Crippen LogP) is 3.87. The summed E-state index contributed by atoms with van der Waals surface area (Å²) < 4.78 is 27.2. The number of ether oxygens (including phenoxy) is 3. The molecule has 0 amide bonds. The van der Waals surface area contributed by atoms with E-state index < -0.39 is 7.36 Å². The standard InChI is InChI=1S/C21H33BrN5O4PS/c1-21(2,3)32(26-5-9-30-10-6-26,27-7-11-31-12-8-27)25-20(33)24-23-15-16-13-17(22)19(28)18(14-16)29-4/h13-15,28H,5-12H2,1-4H3,(H,24,33)/b23-15+. The normalized spacial score (nSPS) is 18.9. The number of nitrogens with zero attached hydrogens (tertiary/aromatic N) is 4. The van der Waals surface area contributed by atoms with Crippen molar-refractivity contribution in [1.29, 1.82) is 0 Å². The van der Waals surface area contributed by atoms with Crippen molar-refractivity contribution in [1.82, 2.24) is 14.8 Å². The summed E-state index contributed by atoms with van der Waals surface area (Å²) in [6, 6.07) is 3.44. The van der Waals surface area contributed by atoms with Gasteiger partial charge in [-0.25, -0.2) is 4.74 Å². The molecular formula is C21H33BrN5O4PS. The summed E-state index contributed by atoms with van der Waals surface area (Å²) in [4.78, 5) is 0. The molecule has 0 aromatic heterocycles. The van der Waals surface area contributed by atoms with Gasteiger partial charge in [-0.15, -0.1) is 0 Å². The van der Waals surface area contributed by atoms with E-state index in [-0.39, 0.29) is 10.9 Å². The maximum atomic E-state index is 10.00. The number of thiocarbonyl (C=S) groups is 1. The summed E-state index contributed by atoms with van der Waals surface area (Å²) in [5.41, 5.74) is 3.68. The molecule has 2 N–H and O–H groups in total. The smallest absolute Gasteiger partial charge is 0.214 e. The average Bonchev–Trinajstić information content (AvgIpc) is 2.80. The van der Waals surface area contributed by atoms with Crippen LogP contribution in [0.15, 0.2) is 26.5 Å². The molecule has 0 spiro atoms. The van der Waals surface area contributed by atoms with Gasteiger partial charge in [-0.2, -0.15) is 5.10 Å². The van der Waals surface area contributed by atoms with E-state index in [4.69, 9.17) is 31.2 Å². The highest BCUT2D eigenvalue weighted by Gasteiger charge is 2.45. The molecule has 12 heteroatoms. The van der Waals surface area contributed by atoms with Crippen molar-refractivity contribution in [2.75, 3.05) is 59.7 Å². The first-order valence-electron chi connectivity index (χ1n) is 10.9. The van der Waals surface area contributed by atoms with Crippen molar-refractivity contribution >= 4 is 46.8 Å². The zero-order chi connectivity index (χ0) is 24.1. The molecule has 0 saturated carbocycles. The van der Waals surface area contributed by atoms with Crippen LogP contribution in [0.5, 0.6) is 11.5 Å². The van der Waals surface area contributed by atoms with Crippen LogP contribution in [0.1, 0.15) is 26.3 Å². The molecule has 184 valence electrons. The molecule has 33 heavy (non-hydrogen) atoms. The maximum absolute atomic E-state index is 10.00. The average molecular weight is 562 g/mol. The number of benzene rings is 1. The van der Waals surface area contributed by atoms with Crippen LogP contribution in [-0.4, -0.2) is 90.6 Å². The number of hydrazone groups is 1. The van der Waals surface area contributed by atoms with Crippen molar-refractivity contribution in [2.45, 2.75) is 25.9 Å². The van der Waals surface area contributed by atoms with Gasteiger partial charge in [0.1, 0.15) is 7.36 Å². The number of hydrogen-bond acceptors (Lipinski definition) is 6. The lowest BCUT2D eigenvalue weighted by molar-refractivity contribution is 0.0551. The summed E-state index contributed by atoms with van der Waals surface area (Å²) in [5.74, 6) is 0.402. The van der Waals surface area contributed by atoms with Gasteiger partial charge < -0.3 is 19.3 Å². The van der Waals surface area contributed by atoms with Crippen molar-refractivity contribution in [3.63, 3.8) is 0 Å². The molecule has 2 saturated heterocycles. The first kappa shape index (κ1) is 26.5. The maximum Gasteiger partial charge on any atom is 0.214 e. The lowest BCUT2D eigenvalue weighted by atomic mass is 10.2. The molecule has 2 aliphatic rings. The van der Waals surface area contributed by atoms with E-state index in [1.165, 1.54) is 7.11 Å². The Morgan fingerprint density at radius 1 is 1.15 bits per heavy atom. The van der Waals surface area contributed by atoms with Gasteiger partial charge in [-0.05, 0) is 45.8 Å². The Morgan fingerprint density at radius 3 is 2.18 bits per heavy atom. The topological polar surface area (TPSA) is 91.2 Å². The summed E-state index contributed by atoms with van der Waals surface area (Å²) >= 11 is 8.99. The van der Waals surface area contributed by atoms with E-state index in [1.54, 1.807) is 18.3 Å². The number of phenols is 1. The summed E-state index contributed by atoms with van der Waals surface area (Å²) in [5, 5.41) is 14.5. The second kappa shape index (κ2) is 11.6. The largest absolute Gasteiger partial charge is 0.503 e. The Bertz CT molecular complexity index is 906. The molecule has 0 atom stereocenters. The molecule has 9 nitrogen and oxygen atoms in total. The molecule has 3 rings (SSSR count). The molecule has 0 unspecified atom stereocenters. The number of aromatic hydroxyl groups is 1. The first-order chi connectivity index (χ1) is 15.7. The van der Waals surface area contributed by atoms with Crippen LogP contribution in [0.3, 0.4) is 0 Å². The monoisotopic (exact) mass is 561 g/mol. The van der Waals surface area contributed by atoms with Crippen LogP contribution in [0.2, 0.25) is 0 Å². The van der Waals surface area contributed by atoms with Gasteiger partial charge in [0.15, 0.2) is 11.5 Å². The lowest BCUT2D eigenvalue weighted by Gasteiger charge is -2.52. The highest BCUT2D eigenvalue weighted by molar-refractivity contribution is 9.10. The number of hydrogen-bond donors (Lipinski definition) is 2. The molecule has 1 aromatic rings. The third-order valence-corrected chi connectivity index (χ3v) is 11.1. The van der Waals surface area contributed by atoms with E-state index in [0.717, 1.165) is 31.7 Å². The quantitative estimate of drug-likeness (QED) is 0.242. The van der Waals surface area contributed by atoms with Gasteiger partial charge in [-0.3, -0.25) is 14.8 Å². The van der Waals surface area contributed by atoms with Gasteiger partial charge in [0.05, 0.1) is 44.2 Å².